The molecule has 4 rings (SSSR count). The number of hydrogen-bond acceptors (Lipinski definition) is 5. The summed E-state index contributed by atoms with van der Waals surface area (Å²) in [5.74, 6) is 0.640. The summed E-state index contributed by atoms with van der Waals surface area (Å²) in [4.78, 5) is 25.9. The zero-order valence-corrected chi connectivity index (χ0v) is 16.2. The van der Waals surface area contributed by atoms with Crippen LogP contribution in [0.5, 0.6) is 11.5 Å². The summed E-state index contributed by atoms with van der Waals surface area (Å²) in [6.45, 7) is 0.701. The Labute approximate surface area is 168 Å². The van der Waals surface area contributed by atoms with Gasteiger partial charge in [-0.25, -0.2) is 0 Å². The zero-order chi connectivity index (χ0) is 20.4. The highest BCUT2D eigenvalue weighted by Gasteiger charge is 2.27. The second-order valence-electron chi connectivity index (χ2n) is 7.30. The van der Waals surface area contributed by atoms with E-state index in [1.54, 1.807) is 6.07 Å². The molecule has 1 aromatic carbocycles. The smallest absolute Gasteiger partial charge is 0.280 e. The quantitative estimate of drug-likeness (QED) is 0.445. The van der Waals surface area contributed by atoms with E-state index in [4.69, 9.17) is 9.47 Å². The third kappa shape index (κ3) is 3.83. The molecule has 0 spiro atoms. The maximum atomic E-state index is 13.1. The van der Waals surface area contributed by atoms with Crippen molar-refractivity contribution >= 4 is 17.7 Å². The highest BCUT2D eigenvalue weighted by Crippen LogP contribution is 2.38. The molecule has 152 valence electrons. The number of nitro groups is 1. The number of ether oxygens (including phenoxy) is 2. The number of nitrogens with zero attached hydrogens (tertiary/aromatic N) is 3. The van der Waals surface area contributed by atoms with Crippen molar-refractivity contribution < 1.29 is 19.2 Å². The minimum Gasteiger partial charge on any atom is -0.454 e. The lowest BCUT2D eigenvalue weighted by Crippen LogP contribution is -2.34. The predicted octanol–water partition coefficient (Wildman–Crippen LogP) is 3.82. The summed E-state index contributed by atoms with van der Waals surface area (Å²) in [5.41, 5.74) is 1.30. The summed E-state index contributed by atoms with van der Waals surface area (Å²) < 4.78 is 12.6. The molecule has 1 amide bonds. The van der Waals surface area contributed by atoms with E-state index in [-0.39, 0.29) is 24.4 Å². The van der Waals surface area contributed by atoms with Crippen LogP contribution in [0.3, 0.4) is 0 Å². The molecule has 2 aliphatic heterocycles. The van der Waals surface area contributed by atoms with Crippen molar-refractivity contribution in [3.63, 3.8) is 0 Å². The molecule has 29 heavy (non-hydrogen) atoms. The molecular weight excluding hydrogens is 374 g/mol. The Morgan fingerprint density at radius 1 is 1.24 bits per heavy atom. The van der Waals surface area contributed by atoms with Gasteiger partial charge in [0, 0.05) is 31.6 Å². The average molecular weight is 397 g/mol. The van der Waals surface area contributed by atoms with E-state index in [2.05, 4.69) is 0 Å². The van der Waals surface area contributed by atoms with E-state index >= 15 is 0 Å². The Kier molecular flexibility index (Phi) is 5.24. The highest BCUT2D eigenvalue weighted by molar-refractivity contribution is 5.93. The van der Waals surface area contributed by atoms with E-state index in [0.29, 0.717) is 23.6 Å². The van der Waals surface area contributed by atoms with Gasteiger partial charge in [0.25, 0.3) is 5.69 Å². The fourth-order valence-corrected chi connectivity index (χ4v) is 4.00. The number of rotatable bonds is 4. The third-order valence-corrected chi connectivity index (χ3v) is 5.49. The van der Waals surface area contributed by atoms with Crippen molar-refractivity contribution in [2.24, 2.45) is 7.05 Å². The zero-order valence-electron chi connectivity index (χ0n) is 16.2. The van der Waals surface area contributed by atoms with E-state index in [1.165, 1.54) is 18.2 Å². The van der Waals surface area contributed by atoms with Crippen molar-refractivity contribution in [2.75, 3.05) is 13.3 Å². The van der Waals surface area contributed by atoms with Crippen molar-refractivity contribution in [2.45, 2.75) is 31.7 Å². The monoisotopic (exact) mass is 397 g/mol. The van der Waals surface area contributed by atoms with Crippen LogP contribution in [0.4, 0.5) is 5.69 Å². The lowest BCUT2D eigenvalue weighted by Gasteiger charge is -2.29. The second kappa shape index (κ2) is 7.98. The number of carbonyl (C=O) groups excluding carboxylic acids is 1. The fraction of sp³-hybridized carbons (Fsp3) is 0.381. The first-order valence-corrected chi connectivity index (χ1v) is 9.72. The lowest BCUT2D eigenvalue weighted by atomic mass is 10.1. The van der Waals surface area contributed by atoms with Gasteiger partial charge in [0.15, 0.2) is 11.5 Å². The van der Waals surface area contributed by atoms with Crippen LogP contribution in [-0.4, -0.2) is 33.6 Å². The second-order valence-corrected chi connectivity index (χ2v) is 7.30. The molecule has 2 aromatic rings. The topological polar surface area (TPSA) is 86.8 Å². The standard InChI is InChI=1S/C21H23N3O5/c1-22-10-5-7-16(22)17-6-3-2-4-11-23(17)21(25)9-8-15-12-19-20(29-14-28-19)13-18(15)24(26)27/h5,7-10,12-13,17H,2-4,6,11,14H2,1H3/b9-8+. The van der Waals surface area contributed by atoms with Crippen LogP contribution in [0.25, 0.3) is 6.08 Å². The molecule has 0 aliphatic carbocycles. The van der Waals surface area contributed by atoms with Crippen molar-refractivity contribution in [3.8, 4) is 11.5 Å². The molecule has 8 heteroatoms. The lowest BCUT2D eigenvalue weighted by molar-refractivity contribution is -0.385. The summed E-state index contributed by atoms with van der Waals surface area (Å²) in [6, 6.07) is 6.91. The van der Waals surface area contributed by atoms with Crippen molar-refractivity contribution in [1.29, 1.82) is 0 Å². The van der Waals surface area contributed by atoms with Gasteiger partial charge in [-0.2, -0.15) is 0 Å². The largest absolute Gasteiger partial charge is 0.454 e. The van der Waals surface area contributed by atoms with E-state index in [1.807, 2.05) is 34.8 Å². The molecule has 0 radical (unpaired) electrons. The highest BCUT2D eigenvalue weighted by atomic mass is 16.7. The van der Waals surface area contributed by atoms with E-state index < -0.39 is 4.92 Å². The molecule has 0 bridgehead atoms. The number of likely N-dealkylation sites (tertiary alicyclic amines) is 1. The van der Waals surface area contributed by atoms with Crippen LogP contribution in [0, 0.1) is 10.1 Å². The molecule has 0 saturated carbocycles. The minimum atomic E-state index is -0.481. The fourth-order valence-electron chi connectivity index (χ4n) is 4.00. The van der Waals surface area contributed by atoms with E-state index in [9.17, 15) is 14.9 Å². The van der Waals surface area contributed by atoms with Gasteiger partial charge in [-0.1, -0.05) is 12.8 Å². The minimum absolute atomic E-state index is 0.00129. The number of aromatic nitrogens is 1. The van der Waals surface area contributed by atoms with Crippen LogP contribution in [0.15, 0.2) is 36.5 Å². The molecule has 1 unspecified atom stereocenters. The number of hydrogen-bond donors (Lipinski definition) is 0. The molecule has 1 aromatic heterocycles. The van der Waals surface area contributed by atoms with Crippen molar-refractivity contribution in [1.82, 2.24) is 9.47 Å². The number of benzene rings is 1. The van der Waals surface area contributed by atoms with Crippen LogP contribution >= 0.6 is 0 Å². The molecule has 1 atom stereocenters. The summed E-state index contributed by atoms with van der Waals surface area (Å²) in [6.07, 6.45) is 8.90. The molecular formula is C21H23N3O5. The molecule has 0 N–H and O–H groups in total. The summed E-state index contributed by atoms with van der Waals surface area (Å²) in [5, 5.41) is 11.4. The van der Waals surface area contributed by atoms with Crippen molar-refractivity contribution in [3.05, 3.63) is 57.9 Å². The Bertz CT molecular complexity index is 965. The Balaban J connectivity index is 1.61. The Morgan fingerprint density at radius 3 is 2.76 bits per heavy atom. The van der Waals surface area contributed by atoms with Gasteiger partial charge in [-0.15, -0.1) is 0 Å². The Morgan fingerprint density at radius 2 is 2.03 bits per heavy atom. The van der Waals surface area contributed by atoms with Gasteiger partial charge in [0.2, 0.25) is 12.7 Å². The molecule has 3 heterocycles. The van der Waals surface area contributed by atoms with Gasteiger partial charge >= 0.3 is 0 Å². The Hall–Kier alpha value is -3.29. The first kappa shape index (κ1) is 19.0. The van der Waals surface area contributed by atoms with Gasteiger partial charge in [0.05, 0.1) is 22.6 Å². The first-order chi connectivity index (χ1) is 14.0. The van der Waals surface area contributed by atoms with Crippen LogP contribution in [0.1, 0.15) is 43.0 Å². The predicted molar refractivity (Wildman–Crippen MR) is 107 cm³/mol. The average Bonchev–Trinajstić information content (AvgIpc) is 3.26. The summed E-state index contributed by atoms with van der Waals surface area (Å²) >= 11 is 0. The van der Waals surface area contributed by atoms with Gasteiger partial charge < -0.3 is 18.9 Å². The number of fused-ring (bicyclic) bond motifs is 1. The number of carbonyl (C=O) groups is 1. The number of aryl methyl sites for hydroxylation is 1. The van der Waals surface area contributed by atoms with Gasteiger partial charge in [-0.3, -0.25) is 14.9 Å². The van der Waals surface area contributed by atoms with Crippen LogP contribution in [-0.2, 0) is 11.8 Å². The number of nitro benzene ring substituents is 1. The van der Waals surface area contributed by atoms with Gasteiger partial charge in [-0.05, 0) is 37.1 Å². The maximum absolute atomic E-state index is 13.1. The van der Waals surface area contributed by atoms with E-state index in [0.717, 1.165) is 31.4 Å². The first-order valence-electron chi connectivity index (χ1n) is 9.72. The normalized spacial score (nSPS) is 18.8. The molecule has 2 aliphatic rings. The summed E-state index contributed by atoms with van der Waals surface area (Å²) in [7, 11) is 1.98. The van der Waals surface area contributed by atoms with Gasteiger partial charge in [0.1, 0.15) is 0 Å². The third-order valence-electron chi connectivity index (χ3n) is 5.49. The molecule has 8 nitrogen and oxygen atoms in total. The SMILES string of the molecule is Cn1cccc1C1CCCCCN1C(=O)/C=C/c1cc2c(cc1[N+](=O)[O-])OCO2. The van der Waals surface area contributed by atoms with Crippen LogP contribution < -0.4 is 9.47 Å². The number of amides is 1. The maximum Gasteiger partial charge on any atom is 0.280 e. The molecule has 1 fully saturated rings. The molecule has 1 saturated heterocycles. The van der Waals surface area contributed by atoms with Crippen LogP contribution in [0.2, 0.25) is 0 Å².